The molecule has 5 aliphatic rings. The van der Waals surface area contributed by atoms with E-state index in [0.717, 1.165) is 6.42 Å². The first-order valence-electron chi connectivity index (χ1n) is 24.4. The maximum absolute atomic E-state index is 2.60. The van der Waals surface area contributed by atoms with Crippen molar-refractivity contribution in [1.29, 1.82) is 0 Å². The van der Waals surface area contributed by atoms with Crippen molar-refractivity contribution >= 4 is 29.2 Å². The van der Waals surface area contributed by atoms with Gasteiger partial charge in [0.15, 0.2) is 0 Å². The third-order valence-electron chi connectivity index (χ3n) is 17.3. The van der Waals surface area contributed by atoms with Gasteiger partial charge in [0.1, 0.15) is 0 Å². The molecule has 324 valence electrons. The SMILES string of the molecule is Cc1ccccc1-c1ccccc1C12CCCC3(c4ccccc4-c4ccccc4C)CC4c5ccccc5-c5c(-c6ccc(N(C)SN7c8ccccc87)cc6)cccc5C4(CCC1)C23. The number of anilines is 3. The fraction of sp³-hybridized carbons (Fsp3) is 0.238. The van der Waals surface area contributed by atoms with Crippen molar-refractivity contribution in [2.45, 2.75) is 81.0 Å². The average molecular weight is 873 g/mol. The van der Waals surface area contributed by atoms with Gasteiger partial charge in [-0.05, 0) is 160 Å². The standard InChI is InChI=1S/C63H56N2S/c1-42-19-4-6-21-46(42)49-23-10-12-28-53(49)61-37-17-39-62(54-29-13-11-24-50(54)47-22-7-5-20-43(47)2)41-56-51-25-8-9-26-52(51)59-48(27-16-30-55(59)63(56,60(61)62)40-18-38-61)44-33-35-45(36-34-44)64(3)66-65-57-31-14-15-32-58(57)65/h4-16,19-36,56,60H,17-18,37-41H2,1-3H3. The molecule has 1 heterocycles. The molecule has 66 heavy (non-hydrogen) atoms. The molecule has 2 nitrogen and oxygen atoms in total. The second-order valence-electron chi connectivity index (χ2n) is 20.2. The molecule has 0 aromatic heterocycles. The minimum absolute atomic E-state index is 0.0241. The van der Waals surface area contributed by atoms with E-state index in [1.165, 1.54) is 111 Å². The highest BCUT2D eigenvalue weighted by Gasteiger charge is 2.73. The molecule has 0 saturated heterocycles. The van der Waals surface area contributed by atoms with Crippen molar-refractivity contribution in [2.75, 3.05) is 15.7 Å². The lowest BCUT2D eigenvalue weighted by atomic mass is 9.40. The summed E-state index contributed by atoms with van der Waals surface area (Å²) in [6.45, 7) is 4.62. The number of fused-ring (bicyclic) bond motifs is 5. The molecule has 5 unspecified atom stereocenters. The van der Waals surface area contributed by atoms with Crippen LogP contribution in [0.15, 0.2) is 188 Å². The first-order chi connectivity index (χ1) is 32.4. The van der Waals surface area contributed by atoms with Crippen LogP contribution in [-0.2, 0) is 16.2 Å². The maximum atomic E-state index is 2.60. The average Bonchev–Trinajstić information content (AvgIpc) is 3.96. The molecule has 0 bridgehead atoms. The molecule has 5 atom stereocenters. The predicted octanol–water partition coefficient (Wildman–Crippen LogP) is 16.7. The molecule has 13 rings (SSSR count). The van der Waals surface area contributed by atoms with Crippen LogP contribution in [0.2, 0.25) is 0 Å². The second-order valence-corrected chi connectivity index (χ2v) is 21.3. The molecule has 0 radical (unpaired) electrons. The Bertz CT molecular complexity index is 3180. The summed E-state index contributed by atoms with van der Waals surface area (Å²) in [7, 11) is 2.18. The zero-order valence-electron chi connectivity index (χ0n) is 38.3. The number of hydrogen-bond donors (Lipinski definition) is 0. The number of rotatable bonds is 8. The van der Waals surface area contributed by atoms with Crippen molar-refractivity contribution in [3.05, 3.63) is 221 Å². The fourth-order valence-electron chi connectivity index (χ4n) is 14.9. The van der Waals surface area contributed by atoms with Gasteiger partial charge in [0.2, 0.25) is 0 Å². The van der Waals surface area contributed by atoms with E-state index in [9.17, 15) is 0 Å². The molecular formula is C63H56N2S. The van der Waals surface area contributed by atoms with Gasteiger partial charge >= 0.3 is 0 Å². The summed E-state index contributed by atoms with van der Waals surface area (Å²) >= 11 is 1.76. The van der Waals surface area contributed by atoms with Gasteiger partial charge in [-0.3, -0.25) is 4.31 Å². The van der Waals surface area contributed by atoms with Crippen LogP contribution in [0.1, 0.15) is 84.2 Å². The highest BCUT2D eigenvalue weighted by atomic mass is 32.2. The molecular weight excluding hydrogens is 817 g/mol. The molecule has 8 aromatic rings. The Hall–Kier alpha value is -6.29. The van der Waals surface area contributed by atoms with E-state index >= 15 is 0 Å². The Labute approximate surface area is 395 Å². The summed E-state index contributed by atoms with van der Waals surface area (Å²) in [6.07, 6.45) is 8.45. The fourth-order valence-corrected chi connectivity index (χ4v) is 15.8. The molecule has 1 aliphatic heterocycles. The van der Waals surface area contributed by atoms with Crippen LogP contribution < -0.4 is 8.61 Å². The third-order valence-corrected chi connectivity index (χ3v) is 18.3. The summed E-state index contributed by atoms with van der Waals surface area (Å²) < 4.78 is 4.60. The second kappa shape index (κ2) is 15.1. The summed E-state index contributed by atoms with van der Waals surface area (Å²) in [5, 5.41) is 0. The van der Waals surface area contributed by atoms with Crippen LogP contribution in [-0.4, -0.2) is 7.05 Å². The summed E-state index contributed by atoms with van der Waals surface area (Å²) in [4.78, 5) is 0. The molecule has 3 saturated carbocycles. The Balaban J connectivity index is 1.04. The number of hydrogen-bond acceptors (Lipinski definition) is 3. The predicted molar refractivity (Wildman–Crippen MR) is 279 cm³/mol. The topological polar surface area (TPSA) is 6.25 Å². The van der Waals surface area contributed by atoms with E-state index in [2.05, 4.69) is 218 Å². The first kappa shape index (κ1) is 40.0. The van der Waals surface area contributed by atoms with Crippen LogP contribution in [0, 0.1) is 19.8 Å². The van der Waals surface area contributed by atoms with Crippen LogP contribution in [0.4, 0.5) is 17.1 Å². The molecule has 3 heteroatoms. The van der Waals surface area contributed by atoms with Gasteiger partial charge in [-0.1, -0.05) is 177 Å². The smallest absolute Gasteiger partial charge is 0.0789 e. The number of benzene rings is 8. The van der Waals surface area contributed by atoms with E-state index in [4.69, 9.17) is 0 Å². The van der Waals surface area contributed by atoms with Crippen LogP contribution in [0.25, 0.3) is 44.5 Å². The van der Waals surface area contributed by atoms with Crippen LogP contribution >= 0.6 is 12.1 Å². The van der Waals surface area contributed by atoms with Crippen LogP contribution in [0.3, 0.4) is 0 Å². The highest BCUT2D eigenvalue weighted by Crippen LogP contribution is 2.79. The lowest BCUT2D eigenvalue weighted by molar-refractivity contribution is 0.0126. The molecule has 0 amide bonds. The lowest BCUT2D eigenvalue weighted by Crippen LogP contribution is -2.59. The van der Waals surface area contributed by atoms with Gasteiger partial charge < -0.3 is 4.31 Å². The van der Waals surface area contributed by atoms with Gasteiger partial charge in [-0.25, -0.2) is 0 Å². The monoisotopic (exact) mass is 872 g/mol. The summed E-state index contributed by atoms with van der Waals surface area (Å²) in [6, 6.07) is 72.8. The van der Waals surface area contributed by atoms with Crippen LogP contribution in [0.5, 0.6) is 0 Å². The van der Waals surface area contributed by atoms with Crippen molar-refractivity contribution in [1.82, 2.24) is 0 Å². The van der Waals surface area contributed by atoms with E-state index in [0.29, 0.717) is 11.8 Å². The van der Waals surface area contributed by atoms with Crippen molar-refractivity contribution in [2.24, 2.45) is 5.92 Å². The van der Waals surface area contributed by atoms with Gasteiger partial charge in [-0.2, -0.15) is 0 Å². The zero-order chi connectivity index (χ0) is 44.2. The molecule has 4 aliphatic carbocycles. The lowest BCUT2D eigenvalue weighted by Gasteiger charge is -2.63. The minimum Gasteiger partial charge on any atom is -0.301 e. The Morgan fingerprint density at radius 1 is 0.470 bits per heavy atom. The van der Waals surface area contributed by atoms with Gasteiger partial charge in [-0.15, -0.1) is 0 Å². The molecule has 3 fully saturated rings. The normalized spacial score (nSPS) is 24.1. The first-order valence-corrected chi connectivity index (χ1v) is 25.1. The van der Waals surface area contributed by atoms with Gasteiger partial charge in [0, 0.05) is 29.0 Å². The van der Waals surface area contributed by atoms with Gasteiger partial charge in [0.05, 0.1) is 23.5 Å². The van der Waals surface area contributed by atoms with E-state index in [-0.39, 0.29) is 16.2 Å². The zero-order valence-corrected chi connectivity index (χ0v) is 39.1. The maximum Gasteiger partial charge on any atom is 0.0789 e. The quantitative estimate of drug-likeness (QED) is 0.111. The van der Waals surface area contributed by atoms with Crippen molar-refractivity contribution in [3.8, 4) is 44.5 Å². The van der Waals surface area contributed by atoms with Crippen molar-refractivity contribution in [3.63, 3.8) is 0 Å². The largest absolute Gasteiger partial charge is 0.301 e. The Morgan fingerprint density at radius 2 is 0.970 bits per heavy atom. The molecule has 1 spiro atoms. The number of para-hydroxylation sites is 2. The van der Waals surface area contributed by atoms with E-state index < -0.39 is 0 Å². The Morgan fingerprint density at radius 3 is 1.62 bits per heavy atom. The highest BCUT2D eigenvalue weighted by molar-refractivity contribution is 8.02. The number of aryl methyl sites for hydroxylation is 2. The molecule has 8 aromatic carbocycles. The Kier molecular flexibility index (Phi) is 9.17. The summed E-state index contributed by atoms with van der Waals surface area (Å²) in [5.74, 6) is 0.779. The number of nitrogens with zero attached hydrogens (tertiary/aromatic N) is 2. The third kappa shape index (κ3) is 5.68. The van der Waals surface area contributed by atoms with Crippen molar-refractivity contribution < 1.29 is 0 Å². The van der Waals surface area contributed by atoms with E-state index in [1.54, 1.807) is 34.4 Å². The van der Waals surface area contributed by atoms with Gasteiger partial charge in [0.25, 0.3) is 0 Å². The molecule has 0 N–H and O–H groups in total. The summed E-state index contributed by atoms with van der Waals surface area (Å²) in [5.41, 5.74) is 23.9. The van der Waals surface area contributed by atoms with E-state index in [1.807, 2.05) is 0 Å². The minimum atomic E-state index is -0.0689.